The number of anilines is 2. The van der Waals surface area contributed by atoms with Crippen molar-refractivity contribution in [3.05, 3.63) is 105 Å². The Kier molecular flexibility index (Phi) is 6.59. The Morgan fingerprint density at radius 2 is 0.951 bits per heavy atom. The molecule has 4 aromatic carbocycles. The standard InChI is InChI=1S/C33H28N4O4/c1-36-26-10-5-3-8-22(26)32(40)24-18-20(14-16-28(24)36)34-30(38)12-7-13-31(39)35-21-15-17-29-25(19-21)33(41)23-9-4-6-11-27(23)37(29)2/h3-6,8-11,14-19H,7,12-13H2,1-2H3,(H,34,38)(H,35,39). The molecule has 0 atom stereocenters. The molecule has 204 valence electrons. The average Bonchev–Trinajstić information content (AvgIpc) is 2.98. The molecular formula is C33H28N4O4. The number of hydrogen-bond acceptors (Lipinski definition) is 4. The van der Waals surface area contributed by atoms with Gasteiger partial charge in [-0.1, -0.05) is 24.3 Å². The molecule has 2 amide bonds. The van der Waals surface area contributed by atoms with Gasteiger partial charge in [0.05, 0.1) is 22.1 Å². The second kappa shape index (κ2) is 10.4. The van der Waals surface area contributed by atoms with Crippen LogP contribution in [-0.2, 0) is 23.7 Å². The summed E-state index contributed by atoms with van der Waals surface area (Å²) in [6.45, 7) is 0. The third-order valence-electron chi connectivity index (χ3n) is 7.60. The van der Waals surface area contributed by atoms with E-state index in [-0.39, 0.29) is 35.5 Å². The van der Waals surface area contributed by atoms with E-state index in [0.717, 1.165) is 22.1 Å². The molecule has 8 heteroatoms. The number of hydrogen-bond donors (Lipinski definition) is 2. The fourth-order valence-electron chi connectivity index (χ4n) is 5.50. The van der Waals surface area contributed by atoms with Gasteiger partial charge in [-0.25, -0.2) is 0 Å². The summed E-state index contributed by atoms with van der Waals surface area (Å²) in [6, 6.07) is 25.5. The first kappa shape index (κ1) is 26.0. The molecule has 41 heavy (non-hydrogen) atoms. The van der Waals surface area contributed by atoms with E-state index >= 15 is 0 Å². The molecule has 0 aliphatic rings. The van der Waals surface area contributed by atoms with Crippen molar-refractivity contribution in [3.63, 3.8) is 0 Å². The van der Waals surface area contributed by atoms with Crippen molar-refractivity contribution in [3.8, 4) is 0 Å². The highest BCUT2D eigenvalue weighted by Crippen LogP contribution is 2.23. The first-order valence-electron chi connectivity index (χ1n) is 13.4. The topological polar surface area (TPSA) is 102 Å². The molecule has 0 saturated carbocycles. The summed E-state index contributed by atoms with van der Waals surface area (Å²) in [5.74, 6) is -0.480. The first-order valence-corrected chi connectivity index (χ1v) is 13.4. The van der Waals surface area contributed by atoms with Crippen LogP contribution in [0.1, 0.15) is 19.3 Å². The van der Waals surface area contributed by atoms with Gasteiger partial charge >= 0.3 is 0 Å². The predicted molar refractivity (Wildman–Crippen MR) is 165 cm³/mol. The SMILES string of the molecule is Cn1c2ccccc2c(=O)c2cc(NC(=O)CCCC(=O)Nc3ccc4c(c3)c(=O)c3ccccc3n4C)ccc21. The fraction of sp³-hybridized carbons (Fsp3) is 0.152. The van der Waals surface area contributed by atoms with E-state index in [1.165, 1.54) is 0 Å². The quantitative estimate of drug-likeness (QED) is 0.273. The van der Waals surface area contributed by atoms with E-state index in [2.05, 4.69) is 10.6 Å². The fourth-order valence-corrected chi connectivity index (χ4v) is 5.50. The molecular weight excluding hydrogens is 516 g/mol. The van der Waals surface area contributed by atoms with E-state index in [4.69, 9.17) is 0 Å². The zero-order chi connectivity index (χ0) is 28.7. The van der Waals surface area contributed by atoms with E-state index in [1.54, 1.807) is 36.4 Å². The largest absolute Gasteiger partial charge is 0.343 e. The van der Waals surface area contributed by atoms with Crippen molar-refractivity contribution in [2.75, 3.05) is 10.6 Å². The maximum atomic E-state index is 13.1. The maximum absolute atomic E-state index is 13.1. The minimum atomic E-state index is -0.240. The highest BCUT2D eigenvalue weighted by molar-refractivity contribution is 5.99. The molecule has 0 radical (unpaired) electrons. The lowest BCUT2D eigenvalue weighted by atomic mass is 10.1. The zero-order valence-electron chi connectivity index (χ0n) is 22.7. The van der Waals surface area contributed by atoms with E-state index in [9.17, 15) is 19.2 Å². The van der Waals surface area contributed by atoms with Gasteiger partial charge in [0.15, 0.2) is 10.9 Å². The molecule has 0 spiro atoms. The molecule has 0 aliphatic heterocycles. The molecule has 0 unspecified atom stereocenters. The monoisotopic (exact) mass is 544 g/mol. The zero-order valence-corrected chi connectivity index (χ0v) is 22.7. The molecule has 6 rings (SSSR count). The number of para-hydroxylation sites is 2. The second-order valence-corrected chi connectivity index (χ2v) is 10.2. The van der Waals surface area contributed by atoms with Gasteiger partial charge in [0, 0.05) is 59.9 Å². The summed E-state index contributed by atoms with van der Waals surface area (Å²) in [5, 5.41) is 7.99. The number of fused-ring (bicyclic) bond motifs is 4. The molecule has 2 aromatic heterocycles. The summed E-state index contributed by atoms with van der Waals surface area (Å²) in [5.41, 5.74) is 4.15. The first-order chi connectivity index (χ1) is 19.8. The lowest BCUT2D eigenvalue weighted by Gasteiger charge is -2.12. The molecule has 8 nitrogen and oxygen atoms in total. The summed E-state index contributed by atoms with van der Waals surface area (Å²) in [7, 11) is 3.82. The number of nitrogens with one attached hydrogen (secondary N) is 2. The van der Waals surface area contributed by atoms with Crippen molar-refractivity contribution >= 4 is 66.8 Å². The number of nitrogens with zero attached hydrogens (tertiary/aromatic N) is 2. The van der Waals surface area contributed by atoms with E-state index < -0.39 is 0 Å². The Bertz CT molecular complexity index is 1990. The molecule has 2 heterocycles. The van der Waals surface area contributed by atoms with Crippen molar-refractivity contribution in [2.45, 2.75) is 19.3 Å². The molecule has 6 aromatic rings. The van der Waals surface area contributed by atoms with Crippen LogP contribution in [0.5, 0.6) is 0 Å². The summed E-state index contributed by atoms with van der Waals surface area (Å²) in [4.78, 5) is 51.3. The highest BCUT2D eigenvalue weighted by atomic mass is 16.2. The van der Waals surface area contributed by atoms with Gasteiger partial charge < -0.3 is 19.8 Å². The van der Waals surface area contributed by atoms with Crippen LogP contribution in [0, 0.1) is 0 Å². The number of benzene rings is 4. The third kappa shape index (κ3) is 4.74. The third-order valence-corrected chi connectivity index (χ3v) is 7.60. The van der Waals surface area contributed by atoms with Crippen LogP contribution in [0.25, 0.3) is 43.6 Å². The van der Waals surface area contributed by atoms with Gasteiger partial charge in [0.2, 0.25) is 11.8 Å². The van der Waals surface area contributed by atoms with Crippen LogP contribution in [0.4, 0.5) is 11.4 Å². The van der Waals surface area contributed by atoms with E-state index in [1.807, 2.05) is 71.8 Å². The molecule has 2 N–H and O–H groups in total. The number of rotatable bonds is 6. The van der Waals surface area contributed by atoms with Crippen molar-refractivity contribution in [1.82, 2.24) is 9.13 Å². The van der Waals surface area contributed by atoms with Gasteiger partial charge in [-0.05, 0) is 67.1 Å². The van der Waals surface area contributed by atoms with Crippen molar-refractivity contribution in [2.24, 2.45) is 14.1 Å². The second-order valence-electron chi connectivity index (χ2n) is 10.2. The number of pyridine rings is 2. The van der Waals surface area contributed by atoms with Crippen LogP contribution in [0.2, 0.25) is 0 Å². The Morgan fingerprint density at radius 3 is 1.39 bits per heavy atom. The summed E-state index contributed by atoms with van der Waals surface area (Å²) >= 11 is 0. The highest BCUT2D eigenvalue weighted by Gasteiger charge is 2.13. The van der Waals surface area contributed by atoms with Crippen LogP contribution in [-0.4, -0.2) is 20.9 Å². The van der Waals surface area contributed by atoms with Gasteiger partial charge in [-0.3, -0.25) is 19.2 Å². The Labute approximate surface area is 234 Å². The van der Waals surface area contributed by atoms with Gasteiger partial charge in [0.1, 0.15) is 0 Å². The minimum absolute atomic E-state index is 0.0822. The number of amides is 2. The van der Waals surface area contributed by atoms with Crippen molar-refractivity contribution < 1.29 is 9.59 Å². The molecule has 0 bridgehead atoms. The Balaban J connectivity index is 1.10. The van der Waals surface area contributed by atoms with E-state index in [0.29, 0.717) is 39.3 Å². The lowest BCUT2D eigenvalue weighted by Crippen LogP contribution is -2.16. The Hall–Kier alpha value is -5.24. The average molecular weight is 545 g/mol. The number of carbonyl (C=O) groups is 2. The maximum Gasteiger partial charge on any atom is 0.224 e. The molecule has 0 aliphatic carbocycles. The smallest absolute Gasteiger partial charge is 0.224 e. The Morgan fingerprint density at radius 1 is 0.561 bits per heavy atom. The number of carbonyl (C=O) groups excluding carboxylic acids is 2. The van der Waals surface area contributed by atoms with Gasteiger partial charge in [0.25, 0.3) is 0 Å². The normalized spacial score (nSPS) is 11.4. The van der Waals surface area contributed by atoms with Gasteiger partial charge in [-0.15, -0.1) is 0 Å². The number of aromatic nitrogens is 2. The summed E-state index contributed by atoms with van der Waals surface area (Å²) < 4.78 is 3.93. The molecule has 0 fully saturated rings. The van der Waals surface area contributed by atoms with Crippen LogP contribution < -0.4 is 21.5 Å². The van der Waals surface area contributed by atoms with Crippen LogP contribution >= 0.6 is 0 Å². The van der Waals surface area contributed by atoms with Crippen LogP contribution in [0.3, 0.4) is 0 Å². The van der Waals surface area contributed by atoms with Crippen molar-refractivity contribution in [1.29, 1.82) is 0 Å². The summed E-state index contributed by atoms with van der Waals surface area (Å²) in [6.07, 6.45) is 0.633. The van der Waals surface area contributed by atoms with Gasteiger partial charge in [-0.2, -0.15) is 0 Å². The minimum Gasteiger partial charge on any atom is -0.343 e. The number of aryl methyl sites for hydroxylation is 2. The molecule has 0 saturated heterocycles. The van der Waals surface area contributed by atoms with Crippen LogP contribution in [0.15, 0.2) is 94.5 Å². The lowest BCUT2D eigenvalue weighted by molar-refractivity contribution is -0.117. The predicted octanol–water partition coefficient (Wildman–Crippen LogP) is 5.44.